The number of para-hydroxylation sites is 2. The Hall–Kier alpha value is -5.08. The Morgan fingerprint density at radius 3 is 1.98 bits per heavy atom. The van der Waals surface area contributed by atoms with Gasteiger partial charge >= 0.3 is 0 Å². The van der Waals surface area contributed by atoms with Crippen molar-refractivity contribution in [2.45, 2.75) is 26.2 Å². The monoisotopic (exact) mass is 543 g/mol. The van der Waals surface area contributed by atoms with E-state index in [0.29, 0.717) is 5.69 Å². The van der Waals surface area contributed by atoms with Crippen LogP contribution in [0.15, 0.2) is 127 Å². The van der Waals surface area contributed by atoms with Crippen LogP contribution >= 0.6 is 0 Å². The number of nitrogens with two attached hydrogens (primary N) is 1. The fraction of sp³-hybridized carbons (Fsp3) is 0.100. The molecule has 8 rings (SSSR count). The first-order valence-corrected chi connectivity index (χ1v) is 14.5. The summed E-state index contributed by atoms with van der Waals surface area (Å²) in [7, 11) is 0. The Morgan fingerprint density at radius 1 is 0.548 bits per heavy atom. The standard InChI is InChI=1S/C34H26.C6H7NO/c1-21-25-12-6-7-14-27(25)33(24-17-16-22-10-4-5-11-23(22)18-24)30-20-32-29(19-28(21)30)26-13-8-9-15-31(26)34(32,2)3;7-5-3-1-2-4-6(5)8/h4-20H,1-3H3;1-4,8H,7H2. The van der Waals surface area contributed by atoms with Gasteiger partial charge in [-0.25, -0.2) is 0 Å². The number of hydrogen-bond donors (Lipinski definition) is 2. The van der Waals surface area contributed by atoms with E-state index in [-0.39, 0.29) is 11.2 Å². The highest BCUT2D eigenvalue weighted by Gasteiger charge is 2.35. The number of benzene rings is 7. The van der Waals surface area contributed by atoms with Crippen LogP contribution < -0.4 is 5.73 Å². The quantitative estimate of drug-likeness (QED) is 0.123. The van der Waals surface area contributed by atoms with Crippen LogP contribution in [0.4, 0.5) is 5.69 Å². The van der Waals surface area contributed by atoms with Gasteiger partial charge in [-0.05, 0) is 109 Å². The molecule has 204 valence electrons. The third-order valence-electron chi connectivity index (χ3n) is 8.97. The minimum absolute atomic E-state index is 0.0136. The molecule has 0 atom stereocenters. The van der Waals surface area contributed by atoms with E-state index in [4.69, 9.17) is 10.8 Å². The van der Waals surface area contributed by atoms with Crippen molar-refractivity contribution in [3.8, 4) is 28.0 Å². The minimum Gasteiger partial charge on any atom is -0.506 e. The van der Waals surface area contributed by atoms with Crippen molar-refractivity contribution in [1.82, 2.24) is 0 Å². The second-order valence-corrected chi connectivity index (χ2v) is 11.8. The molecule has 7 aromatic rings. The van der Waals surface area contributed by atoms with Crippen LogP contribution in [0.1, 0.15) is 30.5 Å². The lowest BCUT2D eigenvalue weighted by molar-refractivity contribution is 0.478. The fourth-order valence-electron chi connectivity index (χ4n) is 6.73. The number of rotatable bonds is 1. The number of aryl methyl sites for hydroxylation is 1. The molecule has 0 spiro atoms. The summed E-state index contributed by atoms with van der Waals surface area (Å²) >= 11 is 0. The highest BCUT2D eigenvalue weighted by Crippen LogP contribution is 2.51. The van der Waals surface area contributed by atoms with Gasteiger partial charge in [0.1, 0.15) is 5.75 Å². The Bertz CT molecular complexity index is 2130. The Kier molecular flexibility index (Phi) is 6.02. The van der Waals surface area contributed by atoms with Gasteiger partial charge in [0.05, 0.1) is 5.69 Å². The number of aromatic hydroxyl groups is 1. The molecule has 0 heterocycles. The van der Waals surface area contributed by atoms with Gasteiger partial charge in [0, 0.05) is 5.41 Å². The molecule has 0 aliphatic heterocycles. The topological polar surface area (TPSA) is 46.2 Å². The van der Waals surface area contributed by atoms with E-state index in [9.17, 15) is 0 Å². The summed E-state index contributed by atoms with van der Waals surface area (Å²) in [5, 5.41) is 16.7. The summed E-state index contributed by atoms with van der Waals surface area (Å²) in [5.74, 6) is 0.146. The number of hydrogen-bond acceptors (Lipinski definition) is 2. The highest BCUT2D eigenvalue weighted by atomic mass is 16.3. The van der Waals surface area contributed by atoms with Crippen molar-refractivity contribution in [3.05, 3.63) is 144 Å². The SMILES string of the molecule is Cc1c2ccccc2c(-c2ccc3ccccc3c2)c2cc3c(cc12)-c1ccccc1C3(C)C.Nc1ccccc1O. The van der Waals surface area contributed by atoms with Crippen LogP contribution in [0.2, 0.25) is 0 Å². The smallest absolute Gasteiger partial charge is 0.138 e. The molecule has 0 bridgehead atoms. The normalized spacial score (nSPS) is 13.0. The molecule has 0 amide bonds. The molecule has 1 aliphatic rings. The van der Waals surface area contributed by atoms with Crippen LogP contribution in [0.3, 0.4) is 0 Å². The maximum Gasteiger partial charge on any atom is 0.138 e. The van der Waals surface area contributed by atoms with Crippen LogP contribution in [-0.2, 0) is 5.41 Å². The van der Waals surface area contributed by atoms with E-state index in [1.165, 1.54) is 71.3 Å². The molecule has 7 aromatic carbocycles. The van der Waals surface area contributed by atoms with E-state index in [2.05, 4.69) is 124 Å². The largest absolute Gasteiger partial charge is 0.506 e. The molecular formula is C40H33NO. The van der Waals surface area contributed by atoms with Crippen molar-refractivity contribution in [2.75, 3.05) is 5.73 Å². The Morgan fingerprint density at radius 2 is 1.21 bits per heavy atom. The lowest BCUT2D eigenvalue weighted by Crippen LogP contribution is -2.14. The van der Waals surface area contributed by atoms with Crippen LogP contribution in [0.25, 0.3) is 54.6 Å². The van der Waals surface area contributed by atoms with Crippen molar-refractivity contribution in [1.29, 1.82) is 0 Å². The zero-order valence-electron chi connectivity index (χ0n) is 24.1. The lowest BCUT2D eigenvalue weighted by atomic mass is 9.80. The first-order chi connectivity index (χ1) is 20.3. The van der Waals surface area contributed by atoms with Gasteiger partial charge in [0.2, 0.25) is 0 Å². The van der Waals surface area contributed by atoms with Gasteiger partial charge in [0.15, 0.2) is 0 Å². The summed E-state index contributed by atoms with van der Waals surface area (Å²) in [6, 6.07) is 45.1. The van der Waals surface area contributed by atoms with Crippen LogP contribution in [-0.4, -0.2) is 5.11 Å². The van der Waals surface area contributed by atoms with Gasteiger partial charge in [-0.3, -0.25) is 0 Å². The number of phenolic OH excluding ortho intramolecular Hbond substituents is 1. The molecule has 0 unspecified atom stereocenters. The van der Waals surface area contributed by atoms with Crippen LogP contribution in [0.5, 0.6) is 5.75 Å². The molecule has 2 heteroatoms. The van der Waals surface area contributed by atoms with Gasteiger partial charge < -0.3 is 10.8 Å². The average Bonchev–Trinajstić information content (AvgIpc) is 3.24. The number of phenols is 1. The molecule has 2 nitrogen and oxygen atoms in total. The van der Waals surface area contributed by atoms with Crippen molar-refractivity contribution >= 4 is 38.0 Å². The molecule has 0 saturated heterocycles. The Balaban J connectivity index is 0.000000314. The van der Waals surface area contributed by atoms with Crippen molar-refractivity contribution in [2.24, 2.45) is 0 Å². The summed E-state index contributed by atoms with van der Waals surface area (Å²) in [5.41, 5.74) is 15.3. The lowest BCUT2D eigenvalue weighted by Gasteiger charge is -2.23. The van der Waals surface area contributed by atoms with Crippen molar-refractivity contribution in [3.63, 3.8) is 0 Å². The first-order valence-electron chi connectivity index (χ1n) is 14.5. The molecule has 42 heavy (non-hydrogen) atoms. The Labute approximate surface area is 246 Å². The zero-order valence-corrected chi connectivity index (χ0v) is 24.1. The molecule has 0 aromatic heterocycles. The molecule has 0 saturated carbocycles. The predicted octanol–water partition coefficient (Wildman–Crippen LogP) is 10.4. The molecule has 3 N–H and O–H groups in total. The van der Waals surface area contributed by atoms with Gasteiger partial charge in [0.25, 0.3) is 0 Å². The zero-order chi connectivity index (χ0) is 29.0. The summed E-state index contributed by atoms with van der Waals surface area (Å²) < 4.78 is 0. The molecule has 0 fully saturated rings. The third kappa shape index (κ3) is 4.02. The molecule has 0 radical (unpaired) electrons. The number of fused-ring (bicyclic) bond motifs is 6. The predicted molar refractivity (Wildman–Crippen MR) is 179 cm³/mol. The van der Waals surface area contributed by atoms with Crippen molar-refractivity contribution < 1.29 is 5.11 Å². The fourth-order valence-corrected chi connectivity index (χ4v) is 6.73. The first kappa shape index (κ1) is 25.9. The van der Waals surface area contributed by atoms with Gasteiger partial charge in [-0.15, -0.1) is 0 Å². The van der Waals surface area contributed by atoms with Gasteiger partial charge in [-0.2, -0.15) is 0 Å². The van der Waals surface area contributed by atoms with E-state index in [1.807, 2.05) is 0 Å². The summed E-state index contributed by atoms with van der Waals surface area (Å²) in [4.78, 5) is 0. The third-order valence-corrected chi connectivity index (χ3v) is 8.97. The maximum absolute atomic E-state index is 8.79. The minimum atomic E-state index is -0.0136. The number of anilines is 1. The number of nitrogen functional groups attached to an aromatic ring is 1. The molecule has 1 aliphatic carbocycles. The summed E-state index contributed by atoms with van der Waals surface area (Å²) in [6.45, 7) is 7.02. The average molecular weight is 544 g/mol. The highest BCUT2D eigenvalue weighted by molar-refractivity contribution is 6.16. The van der Waals surface area contributed by atoms with E-state index in [0.717, 1.165) is 0 Å². The van der Waals surface area contributed by atoms with E-state index >= 15 is 0 Å². The van der Waals surface area contributed by atoms with E-state index < -0.39 is 0 Å². The molecular weight excluding hydrogens is 510 g/mol. The second-order valence-electron chi connectivity index (χ2n) is 11.8. The second kappa shape index (κ2) is 9.78. The summed E-state index contributed by atoms with van der Waals surface area (Å²) in [6.07, 6.45) is 0. The van der Waals surface area contributed by atoms with E-state index in [1.54, 1.807) is 24.3 Å². The maximum atomic E-state index is 8.79. The van der Waals surface area contributed by atoms with Crippen LogP contribution in [0, 0.1) is 6.92 Å². The van der Waals surface area contributed by atoms with Gasteiger partial charge in [-0.1, -0.05) is 111 Å².